The van der Waals surface area contributed by atoms with Gasteiger partial charge in [0.05, 0.1) is 6.04 Å². The van der Waals surface area contributed by atoms with Crippen LogP contribution in [-0.4, -0.2) is 61.8 Å². The summed E-state index contributed by atoms with van der Waals surface area (Å²) in [5.74, 6) is 0.0873. The van der Waals surface area contributed by atoms with Crippen molar-refractivity contribution in [1.82, 2.24) is 15.5 Å². The molecule has 3 amide bonds. The van der Waals surface area contributed by atoms with Crippen molar-refractivity contribution in [3.63, 3.8) is 0 Å². The second-order valence-electron chi connectivity index (χ2n) is 5.75. The van der Waals surface area contributed by atoms with Crippen molar-refractivity contribution >= 4 is 11.9 Å². The van der Waals surface area contributed by atoms with Crippen molar-refractivity contribution in [3.8, 4) is 0 Å². The van der Waals surface area contributed by atoms with Gasteiger partial charge in [0.25, 0.3) is 0 Å². The van der Waals surface area contributed by atoms with Gasteiger partial charge in [0.2, 0.25) is 5.91 Å². The van der Waals surface area contributed by atoms with E-state index in [0.29, 0.717) is 32.8 Å². The summed E-state index contributed by atoms with van der Waals surface area (Å²) in [4.78, 5) is 25.7. The van der Waals surface area contributed by atoms with E-state index in [1.165, 1.54) is 0 Å². The Bertz CT molecular complexity index is 371. The maximum absolute atomic E-state index is 12.2. The lowest BCUT2D eigenvalue weighted by Gasteiger charge is -2.27. The molecule has 2 rings (SSSR count). The standard InChI is InChI=1S/C14H26N4O3/c1-2-16-14(20)18-6-3-11(9-18)17-13(19)12(15)10-4-7-21-8-5-10/h10-12H,2-9,15H2,1H3,(H,16,20)(H,17,19). The van der Waals surface area contributed by atoms with Crippen molar-refractivity contribution in [2.24, 2.45) is 11.7 Å². The van der Waals surface area contributed by atoms with Gasteiger partial charge in [-0.3, -0.25) is 4.79 Å². The van der Waals surface area contributed by atoms with E-state index in [1.807, 2.05) is 6.92 Å². The van der Waals surface area contributed by atoms with Gasteiger partial charge in [-0.2, -0.15) is 0 Å². The number of hydrogen-bond acceptors (Lipinski definition) is 4. The zero-order chi connectivity index (χ0) is 15.2. The first-order valence-electron chi connectivity index (χ1n) is 7.78. The summed E-state index contributed by atoms with van der Waals surface area (Å²) in [5.41, 5.74) is 6.05. The number of likely N-dealkylation sites (tertiary alicyclic amines) is 1. The van der Waals surface area contributed by atoms with E-state index >= 15 is 0 Å². The minimum absolute atomic E-state index is 0.00555. The molecule has 120 valence electrons. The maximum atomic E-state index is 12.2. The van der Waals surface area contributed by atoms with Crippen LogP contribution in [0.1, 0.15) is 26.2 Å². The van der Waals surface area contributed by atoms with Gasteiger partial charge in [0.1, 0.15) is 0 Å². The van der Waals surface area contributed by atoms with Crippen LogP contribution in [0.25, 0.3) is 0 Å². The van der Waals surface area contributed by atoms with E-state index in [-0.39, 0.29) is 23.9 Å². The van der Waals surface area contributed by atoms with Crippen LogP contribution in [0.2, 0.25) is 0 Å². The molecule has 4 N–H and O–H groups in total. The quantitative estimate of drug-likeness (QED) is 0.661. The molecule has 2 fully saturated rings. The number of nitrogens with one attached hydrogen (secondary N) is 2. The van der Waals surface area contributed by atoms with E-state index in [1.54, 1.807) is 4.90 Å². The lowest BCUT2D eigenvalue weighted by Crippen LogP contribution is -2.51. The van der Waals surface area contributed by atoms with Crippen LogP contribution in [0.15, 0.2) is 0 Å². The Balaban J connectivity index is 1.76. The van der Waals surface area contributed by atoms with Crippen molar-refractivity contribution in [1.29, 1.82) is 0 Å². The molecular formula is C14H26N4O3. The number of rotatable bonds is 4. The normalized spacial score (nSPS) is 24.7. The molecule has 0 spiro atoms. The highest BCUT2D eigenvalue weighted by Crippen LogP contribution is 2.18. The molecule has 2 saturated heterocycles. The monoisotopic (exact) mass is 298 g/mol. The van der Waals surface area contributed by atoms with Gasteiger partial charge >= 0.3 is 6.03 Å². The third kappa shape index (κ3) is 4.31. The van der Waals surface area contributed by atoms with Crippen LogP contribution < -0.4 is 16.4 Å². The van der Waals surface area contributed by atoms with Crippen molar-refractivity contribution in [3.05, 3.63) is 0 Å². The number of nitrogens with two attached hydrogens (primary N) is 1. The zero-order valence-electron chi connectivity index (χ0n) is 12.6. The molecule has 2 aliphatic heterocycles. The van der Waals surface area contributed by atoms with E-state index in [4.69, 9.17) is 10.5 Å². The third-order valence-electron chi connectivity index (χ3n) is 4.23. The van der Waals surface area contributed by atoms with Crippen LogP contribution in [0, 0.1) is 5.92 Å². The summed E-state index contributed by atoms with van der Waals surface area (Å²) in [5, 5.41) is 5.75. The SMILES string of the molecule is CCNC(=O)N1CCC(NC(=O)C(N)C2CCOCC2)C1. The van der Waals surface area contributed by atoms with Gasteiger partial charge in [-0.15, -0.1) is 0 Å². The fraction of sp³-hybridized carbons (Fsp3) is 0.857. The molecule has 2 heterocycles. The number of carbonyl (C=O) groups excluding carboxylic acids is 2. The highest BCUT2D eigenvalue weighted by atomic mass is 16.5. The molecular weight excluding hydrogens is 272 g/mol. The fourth-order valence-corrected chi connectivity index (χ4v) is 2.91. The average molecular weight is 298 g/mol. The summed E-state index contributed by atoms with van der Waals surface area (Å²) in [6, 6.07) is -0.540. The molecule has 0 aromatic carbocycles. The topological polar surface area (TPSA) is 96.7 Å². The minimum Gasteiger partial charge on any atom is -0.381 e. The summed E-state index contributed by atoms with van der Waals surface area (Å²) in [6.07, 6.45) is 2.46. The molecule has 0 saturated carbocycles. The van der Waals surface area contributed by atoms with Crippen molar-refractivity contribution in [2.75, 3.05) is 32.8 Å². The van der Waals surface area contributed by atoms with Crippen molar-refractivity contribution in [2.45, 2.75) is 38.3 Å². The smallest absolute Gasteiger partial charge is 0.317 e. The fourth-order valence-electron chi connectivity index (χ4n) is 2.91. The molecule has 0 aliphatic carbocycles. The predicted octanol–water partition coefficient (Wildman–Crippen LogP) is -0.340. The van der Waals surface area contributed by atoms with E-state index in [0.717, 1.165) is 19.3 Å². The first kappa shape index (κ1) is 16.0. The molecule has 0 bridgehead atoms. The van der Waals surface area contributed by atoms with Crippen LogP contribution in [0.5, 0.6) is 0 Å². The first-order chi connectivity index (χ1) is 10.1. The van der Waals surface area contributed by atoms with E-state index in [9.17, 15) is 9.59 Å². The number of carbonyl (C=O) groups is 2. The molecule has 2 unspecified atom stereocenters. The summed E-state index contributed by atoms with van der Waals surface area (Å²) in [6.45, 7) is 5.09. The lowest BCUT2D eigenvalue weighted by atomic mass is 9.91. The molecule has 7 heteroatoms. The highest BCUT2D eigenvalue weighted by Gasteiger charge is 2.31. The molecule has 0 aromatic heterocycles. The summed E-state index contributed by atoms with van der Waals surface area (Å²) < 4.78 is 5.29. The average Bonchev–Trinajstić information content (AvgIpc) is 2.96. The number of ether oxygens (including phenoxy) is 1. The van der Waals surface area contributed by atoms with Crippen LogP contribution in [0.3, 0.4) is 0 Å². The number of hydrogen-bond donors (Lipinski definition) is 3. The van der Waals surface area contributed by atoms with Gasteiger partial charge in [-0.1, -0.05) is 0 Å². The Morgan fingerprint density at radius 1 is 1.33 bits per heavy atom. The van der Waals surface area contributed by atoms with Crippen molar-refractivity contribution < 1.29 is 14.3 Å². The Labute approximate surface area is 125 Å². The summed E-state index contributed by atoms with van der Waals surface area (Å²) in [7, 11) is 0. The second-order valence-corrected chi connectivity index (χ2v) is 5.75. The number of amides is 3. The Morgan fingerprint density at radius 2 is 2.05 bits per heavy atom. The van der Waals surface area contributed by atoms with Gasteiger partial charge < -0.3 is 26.0 Å². The van der Waals surface area contributed by atoms with E-state index in [2.05, 4.69) is 10.6 Å². The van der Waals surface area contributed by atoms with E-state index < -0.39 is 6.04 Å². The van der Waals surface area contributed by atoms with Crippen LogP contribution >= 0.6 is 0 Å². The van der Waals surface area contributed by atoms with Gasteiger partial charge in [0.15, 0.2) is 0 Å². The van der Waals surface area contributed by atoms with Gasteiger partial charge in [-0.25, -0.2) is 4.79 Å². The molecule has 0 radical (unpaired) electrons. The molecule has 21 heavy (non-hydrogen) atoms. The molecule has 0 aromatic rings. The van der Waals surface area contributed by atoms with Crippen LogP contribution in [-0.2, 0) is 9.53 Å². The Morgan fingerprint density at radius 3 is 2.71 bits per heavy atom. The number of nitrogens with zero attached hydrogens (tertiary/aromatic N) is 1. The zero-order valence-corrected chi connectivity index (χ0v) is 12.6. The van der Waals surface area contributed by atoms with Crippen LogP contribution in [0.4, 0.5) is 4.79 Å². The minimum atomic E-state index is -0.479. The number of urea groups is 1. The van der Waals surface area contributed by atoms with Gasteiger partial charge in [0, 0.05) is 38.9 Å². The Hall–Kier alpha value is -1.34. The molecule has 2 atom stereocenters. The molecule has 2 aliphatic rings. The molecule has 7 nitrogen and oxygen atoms in total. The first-order valence-corrected chi connectivity index (χ1v) is 7.78. The highest BCUT2D eigenvalue weighted by molar-refractivity contribution is 5.82. The van der Waals surface area contributed by atoms with Gasteiger partial charge in [-0.05, 0) is 32.1 Å². The largest absolute Gasteiger partial charge is 0.381 e. The lowest BCUT2D eigenvalue weighted by molar-refractivity contribution is -0.125. The third-order valence-corrected chi connectivity index (χ3v) is 4.23. The second kappa shape index (κ2) is 7.61. The Kier molecular flexibility index (Phi) is 5.81. The maximum Gasteiger partial charge on any atom is 0.317 e. The predicted molar refractivity (Wildman–Crippen MR) is 78.7 cm³/mol. The summed E-state index contributed by atoms with van der Waals surface area (Å²) >= 11 is 0.